The number of nitrogens with one attached hydrogen (secondary N) is 1. The summed E-state index contributed by atoms with van der Waals surface area (Å²) in [6, 6.07) is -4.07. The molecule has 0 spiro atoms. The minimum atomic E-state index is -1.55. The Kier molecular flexibility index (Phi) is 16.3. The van der Waals surface area contributed by atoms with Gasteiger partial charge in [-0.2, -0.15) is 0 Å². The summed E-state index contributed by atoms with van der Waals surface area (Å²) in [6.45, 7) is 7.88. The number of aliphatic hydroxyl groups excluding tert-OH is 6. The zero-order chi connectivity index (χ0) is 38.3. The monoisotopic (exact) mass is 741 g/mol. The quantitative estimate of drug-likeness (QED) is 0.0723. The first-order chi connectivity index (χ1) is 24.7. The molecule has 3 saturated heterocycles. The highest BCUT2D eigenvalue weighted by Gasteiger charge is 2.54. The minimum absolute atomic E-state index is 0.147. The van der Waals surface area contributed by atoms with Crippen molar-refractivity contribution in [1.82, 2.24) is 5.32 Å². The first kappa shape index (κ1) is 43.0. The number of allylic oxidation sites excluding steroid dienone is 6. The Morgan fingerprint density at radius 2 is 1.46 bits per heavy atom. The maximum Gasteiger partial charge on any atom is 0.189 e. The Hall–Kier alpha value is -1.71. The van der Waals surface area contributed by atoms with E-state index in [1.807, 2.05) is 13.0 Å². The van der Waals surface area contributed by atoms with Gasteiger partial charge in [-0.05, 0) is 79.3 Å². The average molecular weight is 742 g/mol. The van der Waals surface area contributed by atoms with E-state index >= 15 is 0 Å². The van der Waals surface area contributed by atoms with E-state index in [1.54, 1.807) is 13.3 Å². The molecule has 0 bridgehead atoms. The number of nitrogens with zero attached hydrogens (tertiary/aromatic N) is 1. The van der Waals surface area contributed by atoms with E-state index in [-0.39, 0.29) is 12.8 Å². The normalized spacial score (nSPS) is 43.4. The van der Waals surface area contributed by atoms with Gasteiger partial charge in [-0.15, -0.1) is 0 Å². The number of rotatable bonds is 14. The molecule has 1 aliphatic carbocycles. The van der Waals surface area contributed by atoms with Crippen LogP contribution in [0.25, 0.3) is 0 Å². The second-order valence-corrected chi connectivity index (χ2v) is 14.9. The zero-order valence-electron chi connectivity index (χ0n) is 31.0. The van der Waals surface area contributed by atoms with E-state index in [1.165, 1.54) is 11.1 Å². The van der Waals surface area contributed by atoms with Crippen LogP contribution in [0.4, 0.5) is 0 Å². The summed E-state index contributed by atoms with van der Waals surface area (Å²) in [5.74, 6) is 0. The van der Waals surface area contributed by atoms with Gasteiger partial charge in [-0.25, -0.2) is 0 Å². The van der Waals surface area contributed by atoms with Gasteiger partial charge in [0, 0.05) is 12.3 Å². The molecule has 1 saturated carbocycles. The summed E-state index contributed by atoms with van der Waals surface area (Å²) in [5.41, 5.74) is 22.6. The third-order valence-electron chi connectivity index (χ3n) is 10.4. The van der Waals surface area contributed by atoms with Gasteiger partial charge in [0.05, 0.1) is 36.9 Å². The van der Waals surface area contributed by atoms with Gasteiger partial charge < -0.3 is 76.8 Å². The number of hydrogen-bond donors (Lipinski definition) is 10. The summed E-state index contributed by atoms with van der Waals surface area (Å²) in [4.78, 5) is 4.50. The lowest BCUT2D eigenvalue weighted by atomic mass is 9.84. The Balaban J connectivity index is 1.31. The van der Waals surface area contributed by atoms with Crippen molar-refractivity contribution in [2.45, 2.75) is 170 Å². The van der Waals surface area contributed by atoms with Crippen LogP contribution in [-0.4, -0.2) is 155 Å². The number of nitrogens with two attached hydrogens (primary N) is 3. The van der Waals surface area contributed by atoms with Gasteiger partial charge in [0.2, 0.25) is 0 Å². The molecule has 16 nitrogen and oxygen atoms in total. The van der Waals surface area contributed by atoms with E-state index in [0.717, 1.165) is 31.3 Å². The highest BCUT2D eigenvalue weighted by Crippen LogP contribution is 2.36. The highest BCUT2D eigenvalue weighted by molar-refractivity contribution is 5.72. The van der Waals surface area contributed by atoms with Gasteiger partial charge in [0.25, 0.3) is 0 Å². The molecule has 0 radical (unpaired) electrons. The molecule has 16 heteroatoms. The van der Waals surface area contributed by atoms with Gasteiger partial charge in [-0.1, -0.05) is 28.9 Å². The van der Waals surface area contributed by atoms with Crippen molar-refractivity contribution in [3.05, 3.63) is 34.9 Å². The lowest BCUT2D eigenvalue weighted by Gasteiger charge is -2.51. The molecular weight excluding hydrogens is 678 g/mol. The molecule has 0 aromatic rings. The Morgan fingerprint density at radius 1 is 0.769 bits per heavy atom. The SMILES string of the molecule is CNC1C(OC2OC(CO)C(N)C(O)C2O)OC2CC(N)C(OC3C(N)CC(N=C/C=C(\C)CC/C=C(\C)CCC=C(C)C)C(O)C3O)OC2C1O. The molecule has 3 heterocycles. The first-order valence-corrected chi connectivity index (χ1v) is 18.4. The van der Waals surface area contributed by atoms with E-state index in [4.69, 9.17) is 40.9 Å². The van der Waals surface area contributed by atoms with Crippen LogP contribution >= 0.6 is 0 Å². The van der Waals surface area contributed by atoms with Crippen molar-refractivity contribution in [1.29, 1.82) is 0 Å². The predicted molar refractivity (Wildman–Crippen MR) is 193 cm³/mol. The zero-order valence-corrected chi connectivity index (χ0v) is 31.0. The van der Waals surface area contributed by atoms with Crippen molar-refractivity contribution < 1.29 is 54.3 Å². The van der Waals surface area contributed by atoms with Crippen LogP contribution in [-0.2, 0) is 23.7 Å². The number of aliphatic hydroxyl groups is 6. The molecule has 0 aromatic heterocycles. The van der Waals surface area contributed by atoms with E-state index < -0.39 is 111 Å². The third kappa shape index (κ3) is 10.7. The van der Waals surface area contributed by atoms with Crippen molar-refractivity contribution >= 4 is 6.21 Å². The van der Waals surface area contributed by atoms with Gasteiger partial charge in [0.15, 0.2) is 18.9 Å². The van der Waals surface area contributed by atoms with E-state index in [9.17, 15) is 30.6 Å². The van der Waals surface area contributed by atoms with E-state index in [2.05, 4.69) is 43.2 Å². The maximum atomic E-state index is 11.4. The second kappa shape index (κ2) is 19.7. The van der Waals surface area contributed by atoms with Crippen molar-refractivity contribution in [2.75, 3.05) is 13.7 Å². The number of fused-ring (bicyclic) bond motifs is 1. The summed E-state index contributed by atoms with van der Waals surface area (Å²) >= 11 is 0. The Morgan fingerprint density at radius 3 is 2.13 bits per heavy atom. The fourth-order valence-corrected chi connectivity index (χ4v) is 7.14. The first-order valence-electron chi connectivity index (χ1n) is 18.4. The smallest absolute Gasteiger partial charge is 0.189 e. The number of likely N-dealkylation sites (N-methyl/N-ethyl adjacent to an activating group) is 1. The van der Waals surface area contributed by atoms with Crippen LogP contribution < -0.4 is 22.5 Å². The van der Waals surface area contributed by atoms with Crippen LogP contribution in [0.2, 0.25) is 0 Å². The highest BCUT2D eigenvalue weighted by atomic mass is 16.8. The van der Waals surface area contributed by atoms with Crippen LogP contribution in [0, 0.1) is 0 Å². The van der Waals surface area contributed by atoms with Crippen molar-refractivity contribution in [2.24, 2.45) is 22.2 Å². The summed E-state index contributed by atoms with van der Waals surface area (Å²) < 4.78 is 29.8. The van der Waals surface area contributed by atoms with Crippen molar-refractivity contribution in [3.8, 4) is 0 Å². The molecule has 0 aromatic carbocycles. The predicted octanol–water partition coefficient (Wildman–Crippen LogP) is -1.42. The molecule has 4 aliphatic rings. The molecule has 17 atom stereocenters. The molecule has 4 fully saturated rings. The molecule has 4 rings (SSSR count). The maximum absolute atomic E-state index is 11.4. The van der Waals surface area contributed by atoms with Crippen molar-refractivity contribution in [3.63, 3.8) is 0 Å². The third-order valence-corrected chi connectivity index (χ3v) is 10.4. The lowest BCUT2D eigenvalue weighted by molar-refractivity contribution is -0.373. The molecule has 3 aliphatic heterocycles. The van der Waals surface area contributed by atoms with E-state index in [0.29, 0.717) is 0 Å². The largest absolute Gasteiger partial charge is 0.394 e. The topological polar surface area (TPSA) is 270 Å². The fourth-order valence-electron chi connectivity index (χ4n) is 7.14. The minimum Gasteiger partial charge on any atom is -0.394 e. The molecule has 13 N–H and O–H groups in total. The summed E-state index contributed by atoms with van der Waals surface area (Å²) in [6.07, 6.45) is -1.94. The van der Waals surface area contributed by atoms with Gasteiger partial charge >= 0.3 is 0 Å². The Bertz CT molecular complexity index is 1250. The number of aliphatic imine (C=N–C) groups is 1. The number of hydrogen-bond acceptors (Lipinski definition) is 16. The lowest BCUT2D eigenvalue weighted by Crippen LogP contribution is -2.70. The average Bonchev–Trinajstić information content (AvgIpc) is 3.09. The van der Waals surface area contributed by atoms with Crippen LogP contribution in [0.3, 0.4) is 0 Å². The molecule has 52 heavy (non-hydrogen) atoms. The van der Waals surface area contributed by atoms with Gasteiger partial charge in [0.1, 0.15) is 48.8 Å². The fraction of sp³-hybridized carbons (Fsp3) is 0.806. The standard InChI is InChI=1S/C36H63N5O11/c1-17(2)8-6-9-18(3)10-7-11-19(4)12-13-41-22-14-20(37)32(30(46)27(22)43)50-34-21(38)15-23-33(51-34)29(45)26(40-5)35(48-23)52-36-31(47)28(44)25(39)24(16-42)49-36/h8,10,12-13,20-36,40,42-47H,6-7,9,11,14-16,37-39H2,1-5H3/b18-10+,19-12+,41-13?. The molecule has 298 valence electrons. The van der Waals surface area contributed by atoms with Crippen LogP contribution in [0.5, 0.6) is 0 Å². The van der Waals surface area contributed by atoms with Crippen LogP contribution in [0.15, 0.2) is 39.9 Å². The summed E-state index contributed by atoms with van der Waals surface area (Å²) in [7, 11) is 1.57. The molecule has 0 amide bonds. The van der Waals surface area contributed by atoms with Gasteiger partial charge in [-0.3, -0.25) is 4.99 Å². The number of ether oxygens (including phenoxy) is 5. The molecule has 17 unspecified atom stereocenters. The van der Waals surface area contributed by atoms with Crippen LogP contribution in [0.1, 0.15) is 66.2 Å². The molecular formula is C36H63N5O11. The summed E-state index contributed by atoms with van der Waals surface area (Å²) in [5, 5.41) is 66.8. The Labute approximate surface area is 306 Å². The second-order valence-electron chi connectivity index (χ2n) is 14.9.